The molecule has 0 atom stereocenters. The summed E-state index contributed by atoms with van der Waals surface area (Å²) in [6, 6.07) is 3.40. The molecule has 118 valence electrons. The second-order valence-corrected chi connectivity index (χ2v) is 5.03. The van der Waals surface area contributed by atoms with E-state index in [-0.39, 0.29) is 16.9 Å². The Labute approximate surface area is 136 Å². The normalized spacial score (nSPS) is 10.7. The molecule has 0 spiro atoms. The fourth-order valence-corrected chi connectivity index (χ4v) is 2.14. The Bertz CT molecular complexity index is 786. The van der Waals surface area contributed by atoms with Gasteiger partial charge in [0, 0.05) is 31.7 Å². The van der Waals surface area contributed by atoms with Gasteiger partial charge in [0.2, 0.25) is 5.82 Å². The highest BCUT2D eigenvalue weighted by Gasteiger charge is 2.17. The van der Waals surface area contributed by atoms with E-state index in [9.17, 15) is 4.79 Å². The molecule has 3 heterocycles. The lowest BCUT2D eigenvalue weighted by molar-refractivity contribution is 0.0909. The molecule has 9 heteroatoms. The van der Waals surface area contributed by atoms with Crippen LogP contribution in [0.5, 0.6) is 0 Å². The first kappa shape index (κ1) is 15.2. The number of carbonyl (C=O) groups is 1. The monoisotopic (exact) mass is 332 g/mol. The molecule has 0 aliphatic carbocycles. The first-order valence-electron chi connectivity index (χ1n) is 6.92. The van der Waals surface area contributed by atoms with Crippen molar-refractivity contribution in [3.05, 3.63) is 48.1 Å². The third-order valence-electron chi connectivity index (χ3n) is 3.06. The van der Waals surface area contributed by atoms with Gasteiger partial charge >= 0.3 is 11.8 Å². The number of aromatic nitrogens is 5. The highest BCUT2D eigenvalue weighted by Crippen LogP contribution is 2.22. The summed E-state index contributed by atoms with van der Waals surface area (Å²) in [4.78, 5) is 23.9. The van der Waals surface area contributed by atoms with E-state index in [1.807, 2.05) is 10.8 Å². The van der Waals surface area contributed by atoms with E-state index in [0.717, 1.165) is 13.0 Å². The van der Waals surface area contributed by atoms with Crippen molar-refractivity contribution in [2.75, 3.05) is 6.54 Å². The highest BCUT2D eigenvalue weighted by molar-refractivity contribution is 6.31. The Balaban J connectivity index is 1.55. The number of amides is 1. The van der Waals surface area contributed by atoms with Gasteiger partial charge in [-0.1, -0.05) is 16.8 Å². The van der Waals surface area contributed by atoms with E-state index >= 15 is 0 Å². The molecule has 23 heavy (non-hydrogen) atoms. The van der Waals surface area contributed by atoms with Crippen LogP contribution in [0.2, 0.25) is 5.15 Å². The maximum Gasteiger partial charge on any atom is 0.316 e. The molecular weight excluding hydrogens is 320 g/mol. The minimum atomic E-state index is -0.422. The van der Waals surface area contributed by atoms with Gasteiger partial charge in [0.25, 0.3) is 0 Å². The number of hydrogen-bond donors (Lipinski definition) is 1. The molecule has 0 saturated heterocycles. The fourth-order valence-electron chi connectivity index (χ4n) is 1.94. The predicted molar refractivity (Wildman–Crippen MR) is 81.7 cm³/mol. The minimum Gasteiger partial charge on any atom is -0.348 e. The number of aryl methyl sites for hydroxylation is 1. The van der Waals surface area contributed by atoms with Crippen LogP contribution in [-0.4, -0.2) is 37.1 Å². The van der Waals surface area contributed by atoms with Crippen molar-refractivity contribution in [3.63, 3.8) is 0 Å². The second kappa shape index (κ2) is 7.01. The molecule has 0 saturated carbocycles. The van der Waals surface area contributed by atoms with E-state index in [4.69, 9.17) is 16.1 Å². The third kappa shape index (κ3) is 3.72. The molecule has 1 N–H and O–H groups in total. The van der Waals surface area contributed by atoms with Crippen LogP contribution in [0.25, 0.3) is 11.4 Å². The van der Waals surface area contributed by atoms with Gasteiger partial charge in [0.05, 0.1) is 11.9 Å². The molecule has 8 nitrogen and oxygen atoms in total. The third-order valence-corrected chi connectivity index (χ3v) is 3.36. The molecule has 3 rings (SSSR count). The van der Waals surface area contributed by atoms with E-state index in [0.29, 0.717) is 12.1 Å². The van der Waals surface area contributed by atoms with E-state index in [1.54, 1.807) is 30.9 Å². The maximum absolute atomic E-state index is 12.0. The van der Waals surface area contributed by atoms with Crippen LogP contribution in [-0.2, 0) is 6.54 Å². The number of nitrogens with one attached hydrogen (secondary N) is 1. The number of rotatable bonds is 6. The number of imidazole rings is 1. The van der Waals surface area contributed by atoms with Crippen LogP contribution in [0.15, 0.2) is 41.6 Å². The van der Waals surface area contributed by atoms with Gasteiger partial charge in [-0.15, -0.1) is 0 Å². The molecule has 0 bridgehead atoms. The number of nitrogens with zero attached hydrogens (tertiary/aromatic N) is 5. The summed E-state index contributed by atoms with van der Waals surface area (Å²) in [5.74, 6) is -0.302. The molecular formula is C14H13ClN6O2. The largest absolute Gasteiger partial charge is 0.348 e. The van der Waals surface area contributed by atoms with Crippen molar-refractivity contribution >= 4 is 17.5 Å². The molecule has 3 aromatic rings. The molecule has 0 fully saturated rings. The summed E-state index contributed by atoms with van der Waals surface area (Å²) in [6.07, 6.45) is 7.62. The van der Waals surface area contributed by atoms with Crippen molar-refractivity contribution in [1.29, 1.82) is 0 Å². The van der Waals surface area contributed by atoms with Gasteiger partial charge in [-0.2, -0.15) is 4.98 Å². The van der Waals surface area contributed by atoms with E-state index in [1.165, 1.54) is 0 Å². The van der Waals surface area contributed by atoms with Crippen LogP contribution in [0.4, 0.5) is 0 Å². The molecule has 3 aromatic heterocycles. The Morgan fingerprint density at radius 3 is 3.09 bits per heavy atom. The van der Waals surface area contributed by atoms with E-state index < -0.39 is 5.91 Å². The molecule has 0 radical (unpaired) electrons. The maximum atomic E-state index is 12.0. The summed E-state index contributed by atoms with van der Waals surface area (Å²) >= 11 is 5.96. The Kier molecular flexibility index (Phi) is 4.62. The number of carbonyl (C=O) groups excluding carboxylic acids is 1. The first-order chi connectivity index (χ1) is 11.2. The van der Waals surface area contributed by atoms with Crippen LogP contribution in [0, 0.1) is 0 Å². The fraction of sp³-hybridized carbons (Fsp3) is 0.214. The van der Waals surface area contributed by atoms with Gasteiger partial charge in [0.15, 0.2) is 0 Å². The minimum absolute atomic E-state index is 0.109. The van der Waals surface area contributed by atoms with Gasteiger partial charge in [0.1, 0.15) is 5.15 Å². The van der Waals surface area contributed by atoms with Crippen molar-refractivity contribution < 1.29 is 9.32 Å². The summed E-state index contributed by atoms with van der Waals surface area (Å²) in [7, 11) is 0. The average molecular weight is 333 g/mol. The lowest BCUT2D eigenvalue weighted by Crippen LogP contribution is -2.25. The molecule has 0 unspecified atom stereocenters. The lowest BCUT2D eigenvalue weighted by atomic mass is 10.3. The number of hydrogen-bond acceptors (Lipinski definition) is 6. The topological polar surface area (TPSA) is 98.7 Å². The van der Waals surface area contributed by atoms with Gasteiger partial charge in [-0.25, -0.2) is 9.97 Å². The summed E-state index contributed by atoms with van der Waals surface area (Å²) in [6.45, 7) is 1.25. The number of halogens is 1. The molecule has 0 aliphatic rings. The smallest absolute Gasteiger partial charge is 0.316 e. The Hall–Kier alpha value is -2.74. The zero-order valence-electron chi connectivity index (χ0n) is 12.0. The SMILES string of the molecule is O=C(NCCCn1ccnc1)c1nc(-c2cccnc2Cl)no1. The first-order valence-corrected chi connectivity index (χ1v) is 7.30. The Morgan fingerprint density at radius 2 is 2.30 bits per heavy atom. The van der Waals surface area contributed by atoms with Crippen molar-refractivity contribution in [3.8, 4) is 11.4 Å². The lowest BCUT2D eigenvalue weighted by Gasteiger charge is -2.02. The van der Waals surface area contributed by atoms with Crippen molar-refractivity contribution in [2.24, 2.45) is 0 Å². The zero-order valence-corrected chi connectivity index (χ0v) is 12.8. The predicted octanol–water partition coefficient (Wildman–Crippen LogP) is 1.80. The summed E-state index contributed by atoms with van der Waals surface area (Å²) < 4.78 is 6.90. The summed E-state index contributed by atoms with van der Waals surface area (Å²) in [5, 5.41) is 6.73. The standard InChI is InChI=1S/C14H13ClN6O2/c15-11-10(3-1-4-17-11)12-19-14(23-20-12)13(22)18-5-2-7-21-8-6-16-9-21/h1,3-4,6,8-9H,2,5,7H2,(H,18,22). The van der Waals surface area contributed by atoms with Gasteiger partial charge < -0.3 is 14.4 Å². The molecule has 0 aliphatic heterocycles. The zero-order chi connectivity index (χ0) is 16.1. The van der Waals surface area contributed by atoms with Crippen molar-refractivity contribution in [2.45, 2.75) is 13.0 Å². The van der Waals surface area contributed by atoms with Gasteiger partial charge in [-0.05, 0) is 18.6 Å². The average Bonchev–Trinajstić information content (AvgIpc) is 3.23. The Morgan fingerprint density at radius 1 is 1.39 bits per heavy atom. The van der Waals surface area contributed by atoms with E-state index in [2.05, 4.69) is 25.4 Å². The van der Waals surface area contributed by atoms with Crippen LogP contribution in [0.1, 0.15) is 17.1 Å². The summed E-state index contributed by atoms with van der Waals surface area (Å²) in [5.41, 5.74) is 0.511. The second-order valence-electron chi connectivity index (χ2n) is 4.67. The number of pyridine rings is 1. The van der Waals surface area contributed by atoms with Crippen LogP contribution >= 0.6 is 11.6 Å². The highest BCUT2D eigenvalue weighted by atomic mass is 35.5. The molecule has 1 amide bonds. The van der Waals surface area contributed by atoms with Crippen LogP contribution in [0.3, 0.4) is 0 Å². The van der Waals surface area contributed by atoms with Gasteiger partial charge in [-0.3, -0.25) is 4.79 Å². The molecule has 0 aromatic carbocycles. The van der Waals surface area contributed by atoms with Crippen LogP contribution < -0.4 is 5.32 Å². The van der Waals surface area contributed by atoms with Crippen molar-refractivity contribution in [1.82, 2.24) is 30.0 Å². The quantitative estimate of drug-likeness (QED) is 0.546.